The van der Waals surface area contributed by atoms with Gasteiger partial charge in [-0.2, -0.15) is 0 Å². The van der Waals surface area contributed by atoms with E-state index in [0.29, 0.717) is 0 Å². The summed E-state index contributed by atoms with van der Waals surface area (Å²) in [7, 11) is 0. The maximum absolute atomic E-state index is 11.6. The molecule has 4 N–H and O–H groups in total. The second-order valence-electron chi connectivity index (χ2n) is 2.00. The van der Waals surface area contributed by atoms with Crippen molar-refractivity contribution >= 4 is 11.9 Å². The van der Waals surface area contributed by atoms with Crippen molar-refractivity contribution in [3.05, 3.63) is 0 Å². The largest absolute Gasteiger partial charge is 0.480 e. The smallest absolute Gasteiger partial charge is 0.323 e. The first-order chi connectivity index (χ1) is 5.07. The van der Waals surface area contributed by atoms with Gasteiger partial charge in [0.15, 0.2) is 0 Å². The van der Waals surface area contributed by atoms with Crippen molar-refractivity contribution in [2.75, 3.05) is 0 Å². The van der Waals surface area contributed by atoms with E-state index in [1.165, 1.54) is 0 Å². The number of rotatable bonds is 5. The number of carboxylic acid groups (broad SMARTS) is 1. The first-order valence-corrected chi connectivity index (χ1v) is 2.95. The van der Waals surface area contributed by atoms with Crippen molar-refractivity contribution in [3.63, 3.8) is 0 Å². The number of halogens is 1. The summed E-state index contributed by atoms with van der Waals surface area (Å²) in [5.41, 5.74) is 5.76. The van der Waals surface area contributed by atoms with Crippen LogP contribution in [0.3, 0.4) is 0 Å². The Morgan fingerprint density at radius 3 is 2.45 bits per heavy atom. The first-order valence-electron chi connectivity index (χ1n) is 2.95. The van der Waals surface area contributed by atoms with Crippen LogP contribution in [-0.4, -0.2) is 23.0 Å². The van der Waals surface area contributed by atoms with Gasteiger partial charge in [0.05, 0.1) is 0 Å². The lowest BCUT2D eigenvalue weighted by Crippen LogP contribution is -2.32. The molecule has 5 nitrogen and oxygen atoms in total. The lowest BCUT2D eigenvalue weighted by molar-refractivity contribution is -0.141. The van der Waals surface area contributed by atoms with Gasteiger partial charge in [-0.1, -0.05) is 0 Å². The Kier molecular flexibility index (Phi) is 4.12. The summed E-state index contributed by atoms with van der Waals surface area (Å²) in [5.74, 6) is -1.99. The molecule has 0 aliphatic heterocycles. The first kappa shape index (κ1) is 9.83. The normalized spacial score (nSPS) is 12.5. The minimum atomic E-state index is -1.34. The monoisotopic (exact) mass is 164 g/mol. The molecular weight excluding hydrogens is 155 g/mol. The van der Waals surface area contributed by atoms with Crippen LogP contribution >= 0.6 is 0 Å². The lowest BCUT2D eigenvalue weighted by Gasteiger charge is -2.05. The third-order valence-corrected chi connectivity index (χ3v) is 1.11. The van der Waals surface area contributed by atoms with Gasteiger partial charge in [0, 0.05) is 6.42 Å². The number of aliphatic carboxylic acids is 1. The molecule has 0 fully saturated rings. The fourth-order valence-corrected chi connectivity index (χ4v) is 0.511. The minimum absolute atomic E-state index is 0.138. The van der Waals surface area contributed by atoms with Crippen LogP contribution in [0.15, 0.2) is 0 Å². The van der Waals surface area contributed by atoms with E-state index >= 15 is 0 Å². The molecule has 0 aliphatic carbocycles. The van der Waals surface area contributed by atoms with Crippen LogP contribution in [0.1, 0.15) is 12.8 Å². The van der Waals surface area contributed by atoms with Crippen LogP contribution in [0.4, 0.5) is 4.48 Å². The van der Waals surface area contributed by atoms with Crippen molar-refractivity contribution in [3.8, 4) is 0 Å². The number of carbonyl (C=O) groups is 2. The van der Waals surface area contributed by atoms with E-state index in [2.05, 4.69) is 0 Å². The summed E-state index contributed by atoms with van der Waals surface area (Å²) in [5, 5.41) is 8.23. The summed E-state index contributed by atoms with van der Waals surface area (Å²) in [6.07, 6.45) is -0.283. The lowest BCUT2D eigenvalue weighted by atomic mass is 10.2. The number of nitrogens with one attached hydrogen (secondary N) is 1. The van der Waals surface area contributed by atoms with Gasteiger partial charge in [-0.25, -0.2) is 0 Å². The van der Waals surface area contributed by atoms with E-state index in [0.717, 1.165) is 5.54 Å². The Morgan fingerprint density at radius 2 is 2.18 bits per heavy atom. The Balaban J connectivity index is 3.70. The predicted molar refractivity (Wildman–Crippen MR) is 34.1 cm³/mol. The molecule has 0 aromatic carbocycles. The third-order valence-electron chi connectivity index (χ3n) is 1.11. The summed E-state index contributed by atoms with van der Waals surface area (Å²) in [6, 6.07) is -1.34. The van der Waals surface area contributed by atoms with Crippen LogP contribution in [0.2, 0.25) is 0 Å². The Hall–Kier alpha value is -1.17. The second-order valence-corrected chi connectivity index (χ2v) is 2.00. The summed E-state index contributed by atoms with van der Waals surface area (Å²) >= 11 is 0. The Bertz CT molecular complexity index is 162. The van der Waals surface area contributed by atoms with Crippen molar-refractivity contribution in [1.82, 2.24) is 5.54 Å². The number of hydrogen-bond acceptors (Lipinski definition) is 3. The zero-order valence-corrected chi connectivity index (χ0v) is 5.71. The second kappa shape index (κ2) is 4.62. The molecule has 0 bridgehead atoms. The number of amides is 1. The SMILES string of the molecule is NC(=O)CCC(NF)C(=O)O. The zero-order valence-electron chi connectivity index (χ0n) is 5.71. The predicted octanol–water partition coefficient (Wildman–Crippen LogP) is -0.821. The van der Waals surface area contributed by atoms with E-state index < -0.39 is 17.9 Å². The Morgan fingerprint density at radius 1 is 1.64 bits per heavy atom. The molecule has 1 amide bonds. The molecule has 0 rings (SSSR count). The average Bonchev–Trinajstić information content (AvgIpc) is 1.87. The van der Waals surface area contributed by atoms with Gasteiger partial charge in [-0.3, -0.25) is 9.59 Å². The highest BCUT2D eigenvalue weighted by Gasteiger charge is 2.16. The van der Waals surface area contributed by atoms with Gasteiger partial charge in [0.25, 0.3) is 0 Å². The van der Waals surface area contributed by atoms with E-state index in [4.69, 9.17) is 10.8 Å². The van der Waals surface area contributed by atoms with Crippen LogP contribution in [0.25, 0.3) is 0 Å². The van der Waals surface area contributed by atoms with Gasteiger partial charge in [-0.15, -0.1) is 10.0 Å². The number of carboxylic acids is 1. The molecule has 1 unspecified atom stereocenters. The van der Waals surface area contributed by atoms with Gasteiger partial charge in [0.1, 0.15) is 6.04 Å². The molecule has 6 heteroatoms. The molecule has 0 aliphatic rings. The summed E-state index contributed by atoms with van der Waals surface area (Å²) in [6.45, 7) is 0. The molecule has 0 saturated carbocycles. The molecule has 11 heavy (non-hydrogen) atoms. The highest BCUT2D eigenvalue weighted by molar-refractivity contribution is 5.77. The topological polar surface area (TPSA) is 92.4 Å². The van der Waals surface area contributed by atoms with Gasteiger partial charge < -0.3 is 10.8 Å². The van der Waals surface area contributed by atoms with E-state index in [1.54, 1.807) is 0 Å². The van der Waals surface area contributed by atoms with Gasteiger partial charge >= 0.3 is 5.97 Å². The maximum atomic E-state index is 11.6. The quantitative estimate of drug-likeness (QED) is 0.463. The van der Waals surface area contributed by atoms with Crippen LogP contribution < -0.4 is 11.3 Å². The highest BCUT2D eigenvalue weighted by Crippen LogP contribution is 1.96. The summed E-state index contributed by atoms with van der Waals surface area (Å²) < 4.78 is 11.6. The van der Waals surface area contributed by atoms with Gasteiger partial charge in [-0.05, 0) is 6.42 Å². The van der Waals surface area contributed by atoms with Crippen LogP contribution in [0.5, 0.6) is 0 Å². The highest BCUT2D eigenvalue weighted by atomic mass is 19.2. The van der Waals surface area contributed by atoms with Crippen molar-refractivity contribution in [2.45, 2.75) is 18.9 Å². The molecule has 0 radical (unpaired) electrons. The van der Waals surface area contributed by atoms with Crippen LogP contribution in [0, 0.1) is 0 Å². The fourth-order valence-electron chi connectivity index (χ4n) is 0.511. The Labute approximate surface area is 62.3 Å². The zero-order chi connectivity index (χ0) is 8.85. The minimum Gasteiger partial charge on any atom is -0.480 e. The standard InChI is InChI=1S/C5H9FN2O3/c6-8-3(5(10)11)1-2-4(7)9/h3,8H,1-2H2,(H2,7,9)(H,10,11). The van der Waals surface area contributed by atoms with Crippen molar-refractivity contribution in [2.24, 2.45) is 5.73 Å². The molecule has 0 spiro atoms. The molecule has 0 aromatic heterocycles. The van der Waals surface area contributed by atoms with E-state index in [-0.39, 0.29) is 12.8 Å². The number of nitrogens with two attached hydrogens (primary N) is 1. The average molecular weight is 164 g/mol. The fraction of sp³-hybridized carbons (Fsp3) is 0.600. The molecule has 0 aromatic rings. The number of carbonyl (C=O) groups excluding carboxylic acids is 1. The maximum Gasteiger partial charge on any atom is 0.323 e. The molecule has 64 valence electrons. The van der Waals surface area contributed by atoms with Crippen molar-refractivity contribution in [1.29, 1.82) is 0 Å². The summed E-state index contributed by atoms with van der Waals surface area (Å²) in [4.78, 5) is 20.2. The van der Waals surface area contributed by atoms with E-state index in [1.807, 2.05) is 0 Å². The van der Waals surface area contributed by atoms with Gasteiger partial charge in [0.2, 0.25) is 5.91 Å². The number of hydrogen-bond donors (Lipinski definition) is 3. The molecule has 1 atom stereocenters. The molecular formula is C5H9FN2O3. The third kappa shape index (κ3) is 4.26. The molecule has 0 saturated heterocycles. The van der Waals surface area contributed by atoms with Crippen molar-refractivity contribution < 1.29 is 19.2 Å². The van der Waals surface area contributed by atoms with E-state index in [9.17, 15) is 14.1 Å². The van der Waals surface area contributed by atoms with Crippen LogP contribution in [-0.2, 0) is 9.59 Å². The molecule has 0 heterocycles. The number of primary amides is 1.